The molecule has 20 heavy (non-hydrogen) atoms. The van der Waals surface area contributed by atoms with E-state index in [1.807, 2.05) is 12.1 Å². The highest BCUT2D eigenvalue weighted by Gasteiger charge is 2.10. The summed E-state index contributed by atoms with van der Waals surface area (Å²) in [7, 11) is 3.00. The van der Waals surface area contributed by atoms with Crippen LogP contribution in [-0.4, -0.2) is 44.0 Å². The van der Waals surface area contributed by atoms with Crippen LogP contribution < -0.4 is 5.32 Å². The van der Waals surface area contributed by atoms with Gasteiger partial charge in [0.2, 0.25) is 5.91 Å². The van der Waals surface area contributed by atoms with Gasteiger partial charge in [-0.1, -0.05) is 19.1 Å². The number of carbonyl (C=O) groups is 2. The molecular weight excluding hydrogens is 256 g/mol. The number of nitrogens with zero attached hydrogens (tertiary/aromatic N) is 1. The van der Waals surface area contributed by atoms with Gasteiger partial charge in [-0.25, -0.2) is 4.79 Å². The average Bonchev–Trinajstić information content (AvgIpc) is 2.47. The van der Waals surface area contributed by atoms with E-state index in [2.05, 4.69) is 21.9 Å². The van der Waals surface area contributed by atoms with Gasteiger partial charge in [0.15, 0.2) is 0 Å². The normalized spacial score (nSPS) is 10.4. The van der Waals surface area contributed by atoms with Crippen molar-refractivity contribution in [3.05, 3.63) is 35.4 Å². The van der Waals surface area contributed by atoms with Crippen LogP contribution in [0.3, 0.4) is 0 Å². The van der Waals surface area contributed by atoms with Crippen LogP contribution in [0.25, 0.3) is 0 Å². The number of ether oxygens (including phenoxy) is 1. The molecule has 110 valence electrons. The molecule has 1 rings (SSSR count). The van der Waals surface area contributed by atoms with Gasteiger partial charge in [0.05, 0.1) is 19.2 Å². The molecule has 1 aromatic rings. The molecule has 1 aromatic carbocycles. The fourth-order valence-electron chi connectivity index (χ4n) is 1.93. The standard InChI is InChI=1S/C15H22N2O3/c1-4-9-17(11-14(18)16-2)10-12-5-7-13(8-6-12)15(19)20-3/h5-8H,4,9-11H2,1-3H3,(H,16,18). The van der Waals surface area contributed by atoms with E-state index in [-0.39, 0.29) is 11.9 Å². The van der Waals surface area contributed by atoms with Gasteiger partial charge < -0.3 is 10.1 Å². The predicted octanol–water partition coefficient (Wildman–Crippen LogP) is 1.43. The summed E-state index contributed by atoms with van der Waals surface area (Å²) in [5.41, 5.74) is 1.60. The number of nitrogens with one attached hydrogen (secondary N) is 1. The zero-order chi connectivity index (χ0) is 15.0. The largest absolute Gasteiger partial charge is 0.465 e. The third kappa shape index (κ3) is 5.01. The SMILES string of the molecule is CCCN(CC(=O)NC)Cc1ccc(C(=O)OC)cc1. The van der Waals surface area contributed by atoms with E-state index in [1.54, 1.807) is 19.2 Å². The van der Waals surface area contributed by atoms with Crippen molar-refractivity contribution in [2.75, 3.05) is 27.2 Å². The molecule has 0 bridgehead atoms. The molecule has 0 radical (unpaired) electrons. The summed E-state index contributed by atoms with van der Waals surface area (Å²) >= 11 is 0. The number of hydrogen-bond acceptors (Lipinski definition) is 4. The van der Waals surface area contributed by atoms with Gasteiger partial charge in [-0.15, -0.1) is 0 Å². The summed E-state index contributed by atoms with van der Waals surface area (Å²) in [6.07, 6.45) is 0.983. The van der Waals surface area contributed by atoms with Gasteiger partial charge in [-0.3, -0.25) is 9.69 Å². The first-order valence-corrected chi connectivity index (χ1v) is 6.70. The molecule has 0 unspecified atom stereocenters. The maximum absolute atomic E-state index is 11.5. The highest BCUT2D eigenvalue weighted by molar-refractivity contribution is 5.89. The van der Waals surface area contributed by atoms with E-state index in [0.717, 1.165) is 18.5 Å². The molecule has 0 fully saturated rings. The zero-order valence-electron chi connectivity index (χ0n) is 12.3. The Hall–Kier alpha value is -1.88. The van der Waals surface area contributed by atoms with Crippen LogP contribution in [0.2, 0.25) is 0 Å². The number of likely N-dealkylation sites (N-methyl/N-ethyl adjacent to an activating group) is 1. The number of rotatable bonds is 7. The van der Waals surface area contributed by atoms with Crippen LogP contribution >= 0.6 is 0 Å². The highest BCUT2D eigenvalue weighted by atomic mass is 16.5. The zero-order valence-corrected chi connectivity index (χ0v) is 12.3. The van der Waals surface area contributed by atoms with Crippen LogP contribution in [0.5, 0.6) is 0 Å². The second-order valence-electron chi connectivity index (χ2n) is 4.57. The maximum Gasteiger partial charge on any atom is 0.337 e. The summed E-state index contributed by atoms with van der Waals surface area (Å²) in [5.74, 6) is -0.336. The van der Waals surface area contributed by atoms with E-state index < -0.39 is 0 Å². The highest BCUT2D eigenvalue weighted by Crippen LogP contribution is 2.09. The lowest BCUT2D eigenvalue weighted by Gasteiger charge is -2.20. The van der Waals surface area contributed by atoms with E-state index in [9.17, 15) is 9.59 Å². The Kier molecular flexibility index (Phi) is 6.73. The number of amides is 1. The molecule has 0 heterocycles. The van der Waals surface area contributed by atoms with Crippen molar-refractivity contribution in [1.82, 2.24) is 10.2 Å². The Bertz CT molecular complexity index is 443. The topological polar surface area (TPSA) is 58.6 Å². The molecule has 5 heteroatoms. The molecule has 0 aliphatic carbocycles. The molecule has 1 amide bonds. The van der Waals surface area contributed by atoms with Crippen LogP contribution in [0.4, 0.5) is 0 Å². The molecule has 0 saturated carbocycles. The molecular formula is C15H22N2O3. The average molecular weight is 278 g/mol. The molecule has 0 spiro atoms. The smallest absolute Gasteiger partial charge is 0.337 e. The van der Waals surface area contributed by atoms with Crippen molar-refractivity contribution in [3.63, 3.8) is 0 Å². The Morgan fingerprint density at radius 2 is 1.90 bits per heavy atom. The number of methoxy groups -OCH3 is 1. The van der Waals surface area contributed by atoms with E-state index in [0.29, 0.717) is 18.7 Å². The molecule has 0 atom stereocenters. The van der Waals surface area contributed by atoms with Crippen molar-refractivity contribution in [2.45, 2.75) is 19.9 Å². The molecule has 0 aliphatic heterocycles. The van der Waals surface area contributed by atoms with Crippen molar-refractivity contribution in [3.8, 4) is 0 Å². The summed E-state index contributed by atoms with van der Waals surface area (Å²) in [6, 6.07) is 7.26. The molecule has 1 N–H and O–H groups in total. The summed E-state index contributed by atoms with van der Waals surface area (Å²) in [5, 5.41) is 2.63. The lowest BCUT2D eigenvalue weighted by Crippen LogP contribution is -2.35. The van der Waals surface area contributed by atoms with Gasteiger partial charge in [0.25, 0.3) is 0 Å². The number of benzene rings is 1. The van der Waals surface area contributed by atoms with E-state index in [1.165, 1.54) is 7.11 Å². The van der Waals surface area contributed by atoms with Gasteiger partial charge >= 0.3 is 5.97 Å². The lowest BCUT2D eigenvalue weighted by atomic mass is 10.1. The quantitative estimate of drug-likeness (QED) is 0.767. The minimum atomic E-state index is -0.340. The Morgan fingerprint density at radius 3 is 2.40 bits per heavy atom. The van der Waals surface area contributed by atoms with Crippen molar-refractivity contribution in [2.24, 2.45) is 0 Å². The molecule has 0 aliphatic rings. The van der Waals surface area contributed by atoms with E-state index >= 15 is 0 Å². The predicted molar refractivity (Wildman–Crippen MR) is 77.4 cm³/mol. The van der Waals surface area contributed by atoms with Crippen molar-refractivity contribution < 1.29 is 14.3 Å². The summed E-state index contributed by atoms with van der Waals surface area (Å²) in [6.45, 7) is 4.00. The second kappa shape index (κ2) is 8.32. The third-order valence-electron chi connectivity index (χ3n) is 2.97. The van der Waals surface area contributed by atoms with Gasteiger partial charge in [0, 0.05) is 13.6 Å². The van der Waals surface area contributed by atoms with Crippen molar-refractivity contribution in [1.29, 1.82) is 0 Å². The number of esters is 1. The molecule has 5 nitrogen and oxygen atoms in total. The third-order valence-corrected chi connectivity index (χ3v) is 2.97. The van der Waals surface area contributed by atoms with Crippen molar-refractivity contribution >= 4 is 11.9 Å². The van der Waals surface area contributed by atoms with Crippen LogP contribution in [0, 0.1) is 0 Å². The fourth-order valence-corrected chi connectivity index (χ4v) is 1.93. The van der Waals surface area contributed by atoms with Crippen LogP contribution in [-0.2, 0) is 16.1 Å². The fraction of sp³-hybridized carbons (Fsp3) is 0.467. The minimum Gasteiger partial charge on any atom is -0.465 e. The first-order chi connectivity index (χ1) is 9.60. The van der Waals surface area contributed by atoms with Gasteiger partial charge in [-0.05, 0) is 30.7 Å². The minimum absolute atomic E-state index is 0.00429. The molecule has 0 saturated heterocycles. The Balaban J connectivity index is 2.68. The van der Waals surface area contributed by atoms with Crippen LogP contribution in [0.1, 0.15) is 29.3 Å². The second-order valence-corrected chi connectivity index (χ2v) is 4.57. The first-order valence-electron chi connectivity index (χ1n) is 6.70. The first kappa shape index (κ1) is 16.2. The van der Waals surface area contributed by atoms with Gasteiger partial charge in [0.1, 0.15) is 0 Å². The van der Waals surface area contributed by atoms with Crippen LogP contribution in [0.15, 0.2) is 24.3 Å². The number of hydrogen-bond donors (Lipinski definition) is 1. The molecule has 0 aromatic heterocycles. The number of carbonyl (C=O) groups excluding carboxylic acids is 2. The maximum atomic E-state index is 11.5. The summed E-state index contributed by atoms with van der Waals surface area (Å²) in [4.78, 5) is 24.9. The van der Waals surface area contributed by atoms with E-state index in [4.69, 9.17) is 0 Å². The Labute approximate surface area is 119 Å². The Morgan fingerprint density at radius 1 is 1.25 bits per heavy atom. The summed E-state index contributed by atoms with van der Waals surface area (Å²) < 4.78 is 4.66. The van der Waals surface area contributed by atoms with Gasteiger partial charge in [-0.2, -0.15) is 0 Å². The monoisotopic (exact) mass is 278 g/mol. The lowest BCUT2D eigenvalue weighted by molar-refractivity contribution is -0.121.